The van der Waals surface area contributed by atoms with Crippen LogP contribution >= 0.6 is 0 Å². The standard InChI is InChI=1S/C25H45N3O4/c1-9-17(5)21(15-18(6)25(31)32)27(8)24(30)22(16(3)4)26-23(29)20-13-11-12-14-28(20)19(7)10-2/h15-17,19-22H,9-14H2,1-8H3,(H,26,29)(H,31,32)/b18-15+/t17-,19?,20+,21+,22?/m0/s1. The van der Waals surface area contributed by atoms with Gasteiger partial charge in [0.2, 0.25) is 11.8 Å². The van der Waals surface area contributed by atoms with Gasteiger partial charge in [0.1, 0.15) is 6.04 Å². The second-order valence-electron chi connectivity index (χ2n) is 9.72. The van der Waals surface area contributed by atoms with E-state index < -0.39 is 12.0 Å². The quantitative estimate of drug-likeness (QED) is 0.468. The first-order valence-electron chi connectivity index (χ1n) is 12.2. The van der Waals surface area contributed by atoms with Gasteiger partial charge in [-0.05, 0) is 51.5 Å². The van der Waals surface area contributed by atoms with Crippen LogP contribution in [-0.4, -0.2) is 70.4 Å². The van der Waals surface area contributed by atoms with Crippen molar-refractivity contribution in [3.63, 3.8) is 0 Å². The lowest BCUT2D eigenvalue weighted by atomic mass is 9.93. The summed E-state index contributed by atoms with van der Waals surface area (Å²) in [6.45, 7) is 14.6. The van der Waals surface area contributed by atoms with Crippen molar-refractivity contribution in [2.75, 3.05) is 13.6 Å². The molecule has 7 heteroatoms. The zero-order valence-electron chi connectivity index (χ0n) is 21.4. The fraction of sp³-hybridized carbons (Fsp3) is 0.800. The summed E-state index contributed by atoms with van der Waals surface area (Å²) in [5.41, 5.74) is 0.214. The molecular weight excluding hydrogens is 406 g/mol. The predicted molar refractivity (Wildman–Crippen MR) is 128 cm³/mol. The van der Waals surface area contributed by atoms with Gasteiger partial charge in [0.05, 0.1) is 12.1 Å². The number of hydrogen-bond donors (Lipinski definition) is 2. The van der Waals surface area contributed by atoms with Crippen LogP contribution in [0.2, 0.25) is 0 Å². The van der Waals surface area contributed by atoms with Crippen LogP contribution in [-0.2, 0) is 14.4 Å². The van der Waals surface area contributed by atoms with Crippen LogP contribution < -0.4 is 5.32 Å². The van der Waals surface area contributed by atoms with E-state index in [4.69, 9.17) is 0 Å². The van der Waals surface area contributed by atoms with Crippen LogP contribution in [0.4, 0.5) is 0 Å². The van der Waals surface area contributed by atoms with Crippen molar-refractivity contribution in [1.29, 1.82) is 0 Å². The first-order chi connectivity index (χ1) is 15.0. The Bertz CT molecular complexity index is 676. The lowest BCUT2D eigenvalue weighted by Crippen LogP contribution is -2.59. The predicted octanol–water partition coefficient (Wildman–Crippen LogP) is 3.68. The van der Waals surface area contributed by atoms with E-state index in [1.54, 1.807) is 24.9 Å². The highest BCUT2D eigenvalue weighted by atomic mass is 16.4. The topological polar surface area (TPSA) is 90.0 Å². The molecule has 0 aliphatic carbocycles. The summed E-state index contributed by atoms with van der Waals surface area (Å²) in [5.74, 6) is -1.25. The van der Waals surface area contributed by atoms with E-state index in [0.717, 1.165) is 38.6 Å². The van der Waals surface area contributed by atoms with Crippen LogP contribution in [0.3, 0.4) is 0 Å². The van der Waals surface area contributed by atoms with Gasteiger partial charge >= 0.3 is 5.97 Å². The Morgan fingerprint density at radius 3 is 2.25 bits per heavy atom. The molecule has 0 aromatic carbocycles. The van der Waals surface area contributed by atoms with Crippen molar-refractivity contribution in [1.82, 2.24) is 15.1 Å². The maximum atomic E-state index is 13.5. The Morgan fingerprint density at radius 2 is 1.75 bits per heavy atom. The van der Waals surface area contributed by atoms with E-state index >= 15 is 0 Å². The van der Waals surface area contributed by atoms with E-state index in [1.807, 2.05) is 27.7 Å². The molecule has 2 N–H and O–H groups in total. The summed E-state index contributed by atoms with van der Waals surface area (Å²) in [5, 5.41) is 12.4. The minimum atomic E-state index is -0.990. The number of aliphatic carboxylic acids is 1. The Kier molecular flexibility index (Phi) is 11.4. The third-order valence-corrected chi connectivity index (χ3v) is 7.01. The molecule has 184 valence electrons. The SMILES string of the molecule is CCC(C)N1CCCC[C@@H]1C(=O)NC(C(=O)N(C)[C@H](/C=C(\C)C(=O)O)[C@@H](C)CC)C(C)C. The lowest BCUT2D eigenvalue weighted by Gasteiger charge is -2.40. The summed E-state index contributed by atoms with van der Waals surface area (Å²) in [4.78, 5) is 42.1. The lowest BCUT2D eigenvalue weighted by molar-refractivity contribution is -0.140. The molecule has 0 bridgehead atoms. The highest BCUT2D eigenvalue weighted by molar-refractivity contribution is 5.90. The molecule has 1 heterocycles. The minimum Gasteiger partial charge on any atom is -0.478 e. The molecule has 0 aromatic heterocycles. The molecule has 32 heavy (non-hydrogen) atoms. The zero-order valence-corrected chi connectivity index (χ0v) is 21.4. The Balaban J connectivity index is 3.10. The Labute approximate surface area is 194 Å². The highest BCUT2D eigenvalue weighted by Crippen LogP contribution is 2.23. The largest absolute Gasteiger partial charge is 0.478 e. The van der Waals surface area contributed by atoms with E-state index in [-0.39, 0.29) is 41.3 Å². The van der Waals surface area contributed by atoms with Crippen molar-refractivity contribution in [2.24, 2.45) is 11.8 Å². The summed E-state index contributed by atoms with van der Waals surface area (Å²) < 4.78 is 0. The number of rotatable bonds is 11. The van der Waals surface area contributed by atoms with Crippen LogP contribution in [0.1, 0.15) is 80.6 Å². The molecule has 0 saturated carbocycles. The van der Waals surface area contributed by atoms with Gasteiger partial charge in [-0.15, -0.1) is 0 Å². The number of carboxylic acids is 1. The van der Waals surface area contributed by atoms with Crippen LogP contribution in [0.15, 0.2) is 11.6 Å². The first kappa shape index (κ1) is 28.1. The number of piperidine rings is 1. The molecule has 2 amide bonds. The number of carboxylic acid groups (broad SMARTS) is 1. The number of likely N-dealkylation sites (tertiary alicyclic amines) is 1. The van der Waals surface area contributed by atoms with Gasteiger partial charge in [0.15, 0.2) is 0 Å². The van der Waals surface area contributed by atoms with Crippen molar-refractivity contribution < 1.29 is 19.5 Å². The fourth-order valence-electron chi connectivity index (χ4n) is 4.35. The van der Waals surface area contributed by atoms with Gasteiger partial charge in [-0.25, -0.2) is 4.79 Å². The molecule has 1 aliphatic heterocycles. The van der Waals surface area contributed by atoms with E-state index in [9.17, 15) is 19.5 Å². The molecule has 0 radical (unpaired) electrons. The second-order valence-corrected chi connectivity index (χ2v) is 9.72. The van der Waals surface area contributed by atoms with E-state index in [2.05, 4.69) is 24.1 Å². The highest BCUT2D eigenvalue weighted by Gasteiger charge is 2.36. The smallest absolute Gasteiger partial charge is 0.331 e. The normalized spacial score (nSPS) is 21.5. The fourth-order valence-corrected chi connectivity index (χ4v) is 4.35. The number of carbonyl (C=O) groups is 3. The van der Waals surface area contributed by atoms with E-state index in [0.29, 0.717) is 6.04 Å². The average Bonchev–Trinajstić information content (AvgIpc) is 2.78. The van der Waals surface area contributed by atoms with Gasteiger partial charge in [-0.2, -0.15) is 0 Å². The van der Waals surface area contributed by atoms with E-state index in [1.165, 1.54) is 0 Å². The molecule has 1 aliphatic rings. The van der Waals surface area contributed by atoms with Gasteiger partial charge < -0.3 is 15.3 Å². The number of hydrogen-bond acceptors (Lipinski definition) is 4. The number of nitrogens with one attached hydrogen (secondary N) is 1. The third-order valence-electron chi connectivity index (χ3n) is 7.01. The van der Waals surface area contributed by atoms with Gasteiger partial charge in [0.25, 0.3) is 0 Å². The third kappa shape index (κ3) is 7.32. The molecule has 1 fully saturated rings. The Hall–Kier alpha value is -1.89. The Morgan fingerprint density at radius 1 is 1.12 bits per heavy atom. The molecule has 1 rings (SSSR count). The molecule has 7 nitrogen and oxygen atoms in total. The maximum Gasteiger partial charge on any atom is 0.331 e. The summed E-state index contributed by atoms with van der Waals surface area (Å²) >= 11 is 0. The van der Waals surface area contributed by atoms with Crippen molar-refractivity contribution in [3.05, 3.63) is 11.6 Å². The summed E-state index contributed by atoms with van der Waals surface area (Å²) in [7, 11) is 1.71. The second kappa shape index (κ2) is 13.0. The van der Waals surface area contributed by atoms with Crippen molar-refractivity contribution in [2.45, 2.75) is 105 Å². The zero-order chi connectivity index (χ0) is 24.6. The molecule has 5 atom stereocenters. The number of amides is 2. The summed E-state index contributed by atoms with van der Waals surface area (Å²) in [6, 6.07) is -0.898. The average molecular weight is 452 g/mol. The monoisotopic (exact) mass is 451 g/mol. The number of likely N-dealkylation sites (N-methyl/N-ethyl adjacent to an activating group) is 1. The maximum absolute atomic E-state index is 13.5. The van der Waals surface area contributed by atoms with Crippen LogP contribution in [0, 0.1) is 11.8 Å². The van der Waals surface area contributed by atoms with Gasteiger partial charge in [0, 0.05) is 18.7 Å². The minimum absolute atomic E-state index is 0.0807. The number of carbonyl (C=O) groups excluding carboxylic acids is 2. The van der Waals surface area contributed by atoms with Crippen molar-refractivity contribution in [3.8, 4) is 0 Å². The van der Waals surface area contributed by atoms with Crippen LogP contribution in [0.25, 0.3) is 0 Å². The van der Waals surface area contributed by atoms with Gasteiger partial charge in [-0.1, -0.05) is 53.5 Å². The molecular formula is C25H45N3O4. The first-order valence-corrected chi connectivity index (χ1v) is 12.2. The van der Waals surface area contributed by atoms with Crippen LogP contribution in [0.5, 0.6) is 0 Å². The van der Waals surface area contributed by atoms with Crippen molar-refractivity contribution >= 4 is 17.8 Å². The molecule has 0 spiro atoms. The number of nitrogens with zero attached hydrogens (tertiary/aromatic N) is 2. The summed E-state index contributed by atoms with van der Waals surface area (Å²) in [6.07, 6.45) is 6.34. The van der Waals surface area contributed by atoms with Gasteiger partial charge in [-0.3, -0.25) is 14.5 Å². The molecule has 1 saturated heterocycles. The molecule has 0 aromatic rings. The molecule has 2 unspecified atom stereocenters.